The number of furan rings is 1. The van der Waals surface area contributed by atoms with E-state index >= 15 is 0 Å². The van der Waals surface area contributed by atoms with Crippen LogP contribution in [-0.2, 0) is 16.1 Å². The van der Waals surface area contributed by atoms with Gasteiger partial charge in [-0.25, -0.2) is 4.79 Å². The number of benzene rings is 1. The molecule has 2 aromatic rings. The Morgan fingerprint density at radius 3 is 2.60 bits per heavy atom. The molecular weight excluding hydrogens is 258 g/mol. The predicted octanol–water partition coefficient (Wildman–Crippen LogP) is 2.14. The van der Waals surface area contributed by atoms with Crippen LogP contribution in [0.5, 0.6) is 0 Å². The quantitative estimate of drug-likeness (QED) is 0.847. The van der Waals surface area contributed by atoms with Gasteiger partial charge in [0.1, 0.15) is 0 Å². The Hall–Kier alpha value is -2.56. The van der Waals surface area contributed by atoms with E-state index < -0.39 is 12.1 Å². The van der Waals surface area contributed by atoms with Gasteiger partial charge >= 0.3 is 5.97 Å². The Morgan fingerprint density at radius 1 is 1.20 bits per heavy atom. The van der Waals surface area contributed by atoms with Gasteiger partial charge in [-0.3, -0.25) is 4.79 Å². The van der Waals surface area contributed by atoms with Crippen LogP contribution in [0.1, 0.15) is 23.0 Å². The largest absolute Gasteiger partial charge is 0.457 e. The van der Waals surface area contributed by atoms with E-state index in [0.717, 1.165) is 5.56 Å². The van der Waals surface area contributed by atoms with Gasteiger partial charge in [0.2, 0.25) is 5.76 Å². The summed E-state index contributed by atoms with van der Waals surface area (Å²) in [5.41, 5.74) is 0.977. The summed E-state index contributed by atoms with van der Waals surface area (Å²) in [6, 6.07) is 12.6. The van der Waals surface area contributed by atoms with E-state index in [1.165, 1.54) is 19.3 Å². The fourth-order valence-corrected chi connectivity index (χ4v) is 1.60. The lowest BCUT2D eigenvalue weighted by atomic mass is 10.2. The van der Waals surface area contributed by atoms with Gasteiger partial charge in [0.05, 0.1) is 6.26 Å². The zero-order chi connectivity index (χ0) is 14.4. The maximum absolute atomic E-state index is 11.8. The van der Waals surface area contributed by atoms with Gasteiger partial charge in [-0.2, -0.15) is 0 Å². The van der Waals surface area contributed by atoms with E-state index in [-0.39, 0.29) is 11.7 Å². The molecule has 0 aliphatic heterocycles. The zero-order valence-corrected chi connectivity index (χ0v) is 11.0. The van der Waals surface area contributed by atoms with E-state index in [1.54, 1.807) is 6.07 Å². The Balaban J connectivity index is 1.82. The molecule has 0 saturated heterocycles. The van der Waals surface area contributed by atoms with Crippen LogP contribution in [0.25, 0.3) is 0 Å². The molecule has 0 aliphatic rings. The summed E-state index contributed by atoms with van der Waals surface area (Å²) in [7, 11) is 0. The molecular formula is C15H15NO4. The van der Waals surface area contributed by atoms with Crippen molar-refractivity contribution in [2.75, 3.05) is 0 Å². The van der Waals surface area contributed by atoms with Gasteiger partial charge in [0.25, 0.3) is 5.91 Å². The number of nitrogens with one attached hydrogen (secondary N) is 1. The van der Waals surface area contributed by atoms with E-state index in [9.17, 15) is 9.59 Å². The second kappa shape index (κ2) is 6.56. The van der Waals surface area contributed by atoms with Crippen molar-refractivity contribution in [1.29, 1.82) is 0 Å². The molecule has 1 N–H and O–H groups in total. The first kappa shape index (κ1) is 13.9. The van der Waals surface area contributed by atoms with Gasteiger partial charge in [-0.15, -0.1) is 0 Å². The second-order valence-corrected chi connectivity index (χ2v) is 4.23. The van der Waals surface area contributed by atoms with E-state index in [1.807, 2.05) is 30.3 Å². The molecule has 0 fully saturated rings. The monoisotopic (exact) mass is 273 g/mol. The molecule has 1 heterocycles. The van der Waals surface area contributed by atoms with Gasteiger partial charge in [-0.1, -0.05) is 30.3 Å². The molecule has 20 heavy (non-hydrogen) atoms. The number of carbonyl (C=O) groups is 2. The van der Waals surface area contributed by atoms with Gasteiger partial charge in [-0.05, 0) is 24.6 Å². The van der Waals surface area contributed by atoms with Crippen LogP contribution in [0.2, 0.25) is 0 Å². The molecule has 0 spiro atoms. The third kappa shape index (κ3) is 3.71. The van der Waals surface area contributed by atoms with Crippen molar-refractivity contribution in [3.05, 3.63) is 60.1 Å². The van der Waals surface area contributed by atoms with Crippen LogP contribution in [0.15, 0.2) is 53.1 Å². The molecule has 0 bridgehead atoms. The first-order chi connectivity index (χ1) is 9.66. The van der Waals surface area contributed by atoms with Gasteiger partial charge in [0.15, 0.2) is 6.10 Å². The number of hydrogen-bond acceptors (Lipinski definition) is 4. The number of rotatable bonds is 5. The second-order valence-electron chi connectivity index (χ2n) is 4.23. The molecule has 1 atom stereocenters. The fraction of sp³-hybridized carbons (Fsp3) is 0.200. The average Bonchev–Trinajstić information content (AvgIpc) is 3.00. The smallest absolute Gasteiger partial charge is 0.374 e. The Morgan fingerprint density at radius 2 is 1.95 bits per heavy atom. The molecule has 2 rings (SSSR count). The highest BCUT2D eigenvalue weighted by Gasteiger charge is 2.19. The molecule has 1 aromatic carbocycles. The van der Waals surface area contributed by atoms with Crippen molar-refractivity contribution in [3.8, 4) is 0 Å². The first-order valence-corrected chi connectivity index (χ1v) is 6.23. The Labute approximate surface area is 116 Å². The summed E-state index contributed by atoms with van der Waals surface area (Å²) in [6.07, 6.45) is 0.493. The third-order valence-electron chi connectivity index (χ3n) is 2.68. The van der Waals surface area contributed by atoms with Gasteiger partial charge < -0.3 is 14.5 Å². The summed E-state index contributed by atoms with van der Waals surface area (Å²) in [6.45, 7) is 1.91. The SMILES string of the molecule is C[C@H](OC(=O)c1ccco1)C(=O)NCc1ccccc1. The van der Waals surface area contributed by atoms with Crippen LogP contribution in [0.4, 0.5) is 0 Å². The molecule has 5 heteroatoms. The number of carbonyl (C=O) groups excluding carboxylic acids is 2. The summed E-state index contributed by atoms with van der Waals surface area (Å²) in [5.74, 6) is -0.932. The summed E-state index contributed by atoms with van der Waals surface area (Å²) < 4.78 is 9.90. The topological polar surface area (TPSA) is 68.5 Å². The molecule has 1 amide bonds. The minimum atomic E-state index is -0.878. The van der Waals surface area contributed by atoms with Crippen molar-refractivity contribution >= 4 is 11.9 Å². The predicted molar refractivity (Wildman–Crippen MR) is 71.9 cm³/mol. The van der Waals surface area contributed by atoms with E-state index in [2.05, 4.69) is 5.32 Å². The molecule has 0 aliphatic carbocycles. The zero-order valence-electron chi connectivity index (χ0n) is 11.0. The molecule has 1 aromatic heterocycles. The van der Waals surface area contributed by atoms with Crippen molar-refractivity contribution < 1.29 is 18.7 Å². The van der Waals surface area contributed by atoms with Crippen LogP contribution < -0.4 is 5.32 Å². The Kier molecular flexibility index (Phi) is 4.55. The highest BCUT2D eigenvalue weighted by atomic mass is 16.6. The Bertz CT molecular complexity index is 563. The number of ether oxygens (including phenoxy) is 1. The third-order valence-corrected chi connectivity index (χ3v) is 2.68. The summed E-state index contributed by atoms with van der Waals surface area (Å²) in [5, 5.41) is 2.70. The van der Waals surface area contributed by atoms with Crippen molar-refractivity contribution in [3.63, 3.8) is 0 Å². The van der Waals surface area contributed by atoms with Crippen molar-refractivity contribution in [1.82, 2.24) is 5.32 Å². The molecule has 0 radical (unpaired) electrons. The number of esters is 1. The lowest BCUT2D eigenvalue weighted by Gasteiger charge is -2.12. The maximum Gasteiger partial charge on any atom is 0.374 e. The van der Waals surface area contributed by atoms with Crippen LogP contribution >= 0.6 is 0 Å². The van der Waals surface area contributed by atoms with Crippen molar-refractivity contribution in [2.24, 2.45) is 0 Å². The van der Waals surface area contributed by atoms with Crippen LogP contribution in [0.3, 0.4) is 0 Å². The lowest BCUT2D eigenvalue weighted by molar-refractivity contribution is -0.129. The standard InChI is InChI=1S/C15H15NO4/c1-11(20-15(18)13-8-5-9-19-13)14(17)16-10-12-6-3-2-4-7-12/h2-9,11H,10H2,1H3,(H,16,17)/t11-/m0/s1. The lowest BCUT2D eigenvalue weighted by Crippen LogP contribution is -2.35. The minimum Gasteiger partial charge on any atom is -0.457 e. The van der Waals surface area contributed by atoms with E-state index in [4.69, 9.17) is 9.15 Å². The van der Waals surface area contributed by atoms with E-state index in [0.29, 0.717) is 6.54 Å². The minimum absolute atomic E-state index is 0.0766. The van der Waals surface area contributed by atoms with Crippen LogP contribution in [-0.4, -0.2) is 18.0 Å². The summed E-state index contributed by atoms with van der Waals surface area (Å²) >= 11 is 0. The molecule has 0 unspecified atom stereocenters. The first-order valence-electron chi connectivity index (χ1n) is 6.23. The van der Waals surface area contributed by atoms with Gasteiger partial charge in [0, 0.05) is 6.54 Å². The average molecular weight is 273 g/mol. The molecule has 5 nitrogen and oxygen atoms in total. The number of hydrogen-bond donors (Lipinski definition) is 1. The normalized spacial score (nSPS) is 11.7. The maximum atomic E-state index is 11.8. The number of amides is 1. The summed E-state index contributed by atoms with van der Waals surface area (Å²) in [4.78, 5) is 23.4. The van der Waals surface area contributed by atoms with Crippen LogP contribution in [0, 0.1) is 0 Å². The highest BCUT2D eigenvalue weighted by Crippen LogP contribution is 2.05. The van der Waals surface area contributed by atoms with Crippen molar-refractivity contribution in [2.45, 2.75) is 19.6 Å². The fourth-order valence-electron chi connectivity index (χ4n) is 1.60. The molecule has 104 valence electrons. The highest BCUT2D eigenvalue weighted by molar-refractivity contribution is 5.89. The molecule has 0 saturated carbocycles.